The lowest BCUT2D eigenvalue weighted by atomic mass is 9.93. The summed E-state index contributed by atoms with van der Waals surface area (Å²) in [6, 6.07) is 0.220. The van der Waals surface area contributed by atoms with Crippen LogP contribution >= 0.6 is 0 Å². The van der Waals surface area contributed by atoms with Crippen molar-refractivity contribution in [3.8, 4) is 0 Å². The molecule has 1 fully saturated rings. The highest BCUT2D eigenvalue weighted by atomic mass is 16.5. The minimum atomic E-state index is -0.154. The average molecular weight is 251 g/mol. The van der Waals surface area contributed by atoms with Crippen molar-refractivity contribution in [2.24, 2.45) is 7.05 Å². The van der Waals surface area contributed by atoms with Crippen molar-refractivity contribution in [2.75, 3.05) is 13.7 Å². The Morgan fingerprint density at radius 3 is 2.89 bits per heavy atom. The highest BCUT2D eigenvalue weighted by molar-refractivity contribution is 5.90. The van der Waals surface area contributed by atoms with Crippen LogP contribution in [-0.2, 0) is 11.8 Å². The van der Waals surface area contributed by atoms with E-state index in [1.165, 1.54) is 0 Å². The van der Waals surface area contributed by atoms with Crippen LogP contribution in [0.5, 0.6) is 0 Å². The minimum Gasteiger partial charge on any atom is -0.375 e. The summed E-state index contributed by atoms with van der Waals surface area (Å²) < 4.78 is 7.43. The van der Waals surface area contributed by atoms with Crippen LogP contribution in [0.25, 0.3) is 0 Å². The van der Waals surface area contributed by atoms with E-state index in [1.54, 1.807) is 21.9 Å². The first kappa shape index (κ1) is 13.1. The second-order valence-corrected chi connectivity index (χ2v) is 5.53. The third-order valence-corrected chi connectivity index (χ3v) is 3.55. The molecule has 1 amide bonds. The number of nitrogens with zero attached hydrogens (tertiary/aromatic N) is 3. The molecule has 2 rings (SSSR count). The van der Waals surface area contributed by atoms with Crippen molar-refractivity contribution in [3.05, 3.63) is 18.2 Å². The van der Waals surface area contributed by atoms with Crippen molar-refractivity contribution >= 4 is 5.91 Å². The van der Waals surface area contributed by atoms with Crippen LogP contribution in [0.1, 0.15) is 37.3 Å². The molecule has 0 aromatic carbocycles. The van der Waals surface area contributed by atoms with Crippen LogP contribution in [0, 0.1) is 0 Å². The van der Waals surface area contributed by atoms with Crippen molar-refractivity contribution < 1.29 is 9.53 Å². The number of rotatable bonds is 2. The molecule has 0 saturated carbocycles. The van der Waals surface area contributed by atoms with Gasteiger partial charge in [0.1, 0.15) is 0 Å². The number of aryl methyl sites for hydroxylation is 1. The van der Waals surface area contributed by atoms with Gasteiger partial charge in [0.25, 0.3) is 5.91 Å². The maximum absolute atomic E-state index is 12.3. The van der Waals surface area contributed by atoms with Gasteiger partial charge in [-0.1, -0.05) is 0 Å². The molecule has 2 heterocycles. The fourth-order valence-electron chi connectivity index (χ4n) is 2.43. The summed E-state index contributed by atoms with van der Waals surface area (Å²) in [5.74, 6) is 0.465. The van der Waals surface area contributed by atoms with Crippen LogP contribution in [0.3, 0.4) is 0 Å². The van der Waals surface area contributed by atoms with Gasteiger partial charge in [-0.05, 0) is 26.7 Å². The molecule has 100 valence electrons. The largest absolute Gasteiger partial charge is 0.375 e. The Balaban J connectivity index is 2.09. The Morgan fingerprint density at radius 1 is 1.61 bits per heavy atom. The number of carbonyl (C=O) groups is 1. The van der Waals surface area contributed by atoms with Gasteiger partial charge in [-0.3, -0.25) is 4.79 Å². The van der Waals surface area contributed by atoms with E-state index < -0.39 is 0 Å². The molecule has 1 saturated heterocycles. The van der Waals surface area contributed by atoms with Gasteiger partial charge in [-0.25, -0.2) is 4.98 Å². The molecule has 1 aliphatic rings. The van der Waals surface area contributed by atoms with Gasteiger partial charge >= 0.3 is 0 Å². The fourth-order valence-corrected chi connectivity index (χ4v) is 2.43. The highest BCUT2D eigenvalue weighted by Crippen LogP contribution is 2.27. The predicted octanol–water partition coefficient (Wildman–Crippen LogP) is 1.45. The molecule has 0 N–H and O–H groups in total. The Morgan fingerprint density at radius 2 is 2.33 bits per heavy atom. The van der Waals surface area contributed by atoms with E-state index in [0.29, 0.717) is 12.4 Å². The maximum Gasteiger partial charge on any atom is 0.289 e. The second kappa shape index (κ2) is 4.72. The van der Waals surface area contributed by atoms with Crippen molar-refractivity contribution in [1.82, 2.24) is 14.5 Å². The van der Waals surface area contributed by atoms with Crippen molar-refractivity contribution in [2.45, 2.75) is 38.3 Å². The van der Waals surface area contributed by atoms with Crippen LogP contribution in [0.4, 0.5) is 0 Å². The fraction of sp³-hybridized carbons (Fsp3) is 0.692. The number of hydrogen-bond acceptors (Lipinski definition) is 3. The van der Waals surface area contributed by atoms with Crippen molar-refractivity contribution in [1.29, 1.82) is 0 Å². The summed E-state index contributed by atoms with van der Waals surface area (Å²) in [5, 5.41) is 0. The van der Waals surface area contributed by atoms with E-state index in [4.69, 9.17) is 4.74 Å². The Bertz CT molecular complexity index is 439. The average Bonchev–Trinajstić information content (AvgIpc) is 2.72. The second-order valence-electron chi connectivity index (χ2n) is 5.53. The lowest BCUT2D eigenvalue weighted by Gasteiger charge is -2.39. The van der Waals surface area contributed by atoms with Crippen LogP contribution in [-0.4, -0.2) is 45.7 Å². The number of amides is 1. The van der Waals surface area contributed by atoms with Gasteiger partial charge in [-0.15, -0.1) is 0 Å². The molecule has 0 bridgehead atoms. The van der Waals surface area contributed by atoms with Crippen molar-refractivity contribution in [3.63, 3.8) is 0 Å². The van der Waals surface area contributed by atoms with Gasteiger partial charge in [0.05, 0.1) is 5.60 Å². The summed E-state index contributed by atoms with van der Waals surface area (Å²) in [6.07, 6.45) is 5.18. The molecule has 0 spiro atoms. The van der Waals surface area contributed by atoms with E-state index in [-0.39, 0.29) is 17.6 Å². The molecule has 5 heteroatoms. The third-order valence-electron chi connectivity index (χ3n) is 3.55. The quantitative estimate of drug-likeness (QED) is 0.799. The maximum atomic E-state index is 12.3. The zero-order valence-corrected chi connectivity index (χ0v) is 11.5. The summed E-state index contributed by atoms with van der Waals surface area (Å²) in [4.78, 5) is 18.2. The van der Waals surface area contributed by atoms with Crippen LogP contribution in [0.15, 0.2) is 12.4 Å². The number of carbonyl (C=O) groups excluding carboxylic acids is 1. The van der Waals surface area contributed by atoms with Gasteiger partial charge in [0.2, 0.25) is 0 Å². The zero-order chi connectivity index (χ0) is 13.3. The van der Waals surface area contributed by atoms with Crippen LogP contribution in [0.2, 0.25) is 0 Å². The number of hydrogen-bond donors (Lipinski definition) is 0. The van der Waals surface area contributed by atoms with Gasteiger partial charge < -0.3 is 14.2 Å². The molecular formula is C13H21N3O2. The monoisotopic (exact) mass is 251 g/mol. The summed E-state index contributed by atoms with van der Waals surface area (Å²) in [7, 11) is 3.69. The molecule has 0 aliphatic carbocycles. The standard InChI is InChI=1S/C13H21N3O2/c1-13(2)9-10(5-8-18-13)16(4)12(17)11-14-6-7-15(11)3/h6-7,10H,5,8-9H2,1-4H3/t10-/m0/s1. The van der Waals surface area contributed by atoms with Gasteiger partial charge in [0.15, 0.2) is 5.82 Å². The first-order valence-corrected chi connectivity index (χ1v) is 6.29. The summed E-state index contributed by atoms with van der Waals surface area (Å²) in [5.41, 5.74) is -0.154. The topological polar surface area (TPSA) is 47.4 Å². The molecule has 1 atom stereocenters. The molecule has 1 aliphatic heterocycles. The summed E-state index contributed by atoms with van der Waals surface area (Å²) >= 11 is 0. The third kappa shape index (κ3) is 2.56. The van der Waals surface area contributed by atoms with Gasteiger partial charge in [0, 0.05) is 39.1 Å². The zero-order valence-electron chi connectivity index (χ0n) is 11.5. The number of ether oxygens (including phenoxy) is 1. The Kier molecular flexibility index (Phi) is 3.43. The SMILES string of the molecule is CN(C(=O)c1nccn1C)[C@H]1CCOC(C)(C)C1. The number of aromatic nitrogens is 2. The normalized spacial score (nSPS) is 22.8. The Hall–Kier alpha value is -1.36. The molecule has 0 unspecified atom stereocenters. The molecule has 5 nitrogen and oxygen atoms in total. The van der Waals surface area contributed by atoms with E-state index >= 15 is 0 Å². The summed E-state index contributed by atoms with van der Waals surface area (Å²) in [6.45, 7) is 4.84. The molecular weight excluding hydrogens is 230 g/mol. The molecule has 1 aromatic heterocycles. The lowest BCUT2D eigenvalue weighted by Crippen LogP contribution is -2.47. The molecule has 1 aromatic rings. The predicted molar refractivity (Wildman–Crippen MR) is 68.4 cm³/mol. The molecule has 0 radical (unpaired) electrons. The van der Waals surface area contributed by atoms with E-state index in [1.807, 2.05) is 14.1 Å². The number of imidazole rings is 1. The minimum absolute atomic E-state index is 0.0230. The smallest absolute Gasteiger partial charge is 0.289 e. The highest BCUT2D eigenvalue weighted by Gasteiger charge is 2.33. The van der Waals surface area contributed by atoms with E-state index in [0.717, 1.165) is 12.8 Å². The van der Waals surface area contributed by atoms with E-state index in [2.05, 4.69) is 18.8 Å². The van der Waals surface area contributed by atoms with Gasteiger partial charge in [-0.2, -0.15) is 0 Å². The Labute approximate surface area is 108 Å². The first-order chi connectivity index (χ1) is 8.41. The van der Waals surface area contributed by atoms with Crippen LogP contribution < -0.4 is 0 Å². The first-order valence-electron chi connectivity index (χ1n) is 6.29. The van der Waals surface area contributed by atoms with E-state index in [9.17, 15) is 4.79 Å². The lowest BCUT2D eigenvalue weighted by molar-refractivity contribution is -0.0757. The molecule has 18 heavy (non-hydrogen) atoms.